The smallest absolute Gasteiger partial charge is 0.407 e. The van der Waals surface area contributed by atoms with Gasteiger partial charge in [-0.2, -0.15) is 0 Å². The number of allylic oxidation sites excluding steroid dienone is 4. The van der Waals surface area contributed by atoms with E-state index in [0.717, 1.165) is 30.6 Å². The lowest BCUT2D eigenvalue weighted by Gasteiger charge is -2.19. The van der Waals surface area contributed by atoms with E-state index < -0.39 is 0 Å². The Balaban J connectivity index is 1.33. The van der Waals surface area contributed by atoms with Gasteiger partial charge < -0.3 is 14.8 Å². The molecule has 0 bridgehead atoms. The normalized spacial score (nSPS) is 15.1. The molecule has 4 nitrogen and oxygen atoms in total. The van der Waals surface area contributed by atoms with Crippen LogP contribution in [0.1, 0.15) is 42.7 Å². The molecule has 2 aliphatic carbocycles. The lowest BCUT2D eigenvalue weighted by Crippen LogP contribution is -2.27. The largest absolute Gasteiger partial charge is 0.501 e. The summed E-state index contributed by atoms with van der Waals surface area (Å²) in [7, 11) is 1.71. The van der Waals surface area contributed by atoms with E-state index in [1.807, 2.05) is 18.2 Å². The molecule has 0 saturated heterocycles. The number of hydrogen-bond acceptors (Lipinski definition) is 3. The molecule has 2 aliphatic rings. The van der Waals surface area contributed by atoms with Crippen LogP contribution in [0.2, 0.25) is 0 Å². The number of carbonyl (C=O) groups is 1. The van der Waals surface area contributed by atoms with Gasteiger partial charge in [0.1, 0.15) is 6.61 Å². The standard InChI is InChI=1S/C27H29NO3/c1-3-8-19-13-14-26(30-2)20(17-19)15-16-28-27(29)31-18-25-23-11-6-4-9-21(23)22-10-5-7-12-24(22)25/h3-7,9-12,17,25H,1,8,13-16,18H2,2H3,(H,28,29). The molecule has 160 valence electrons. The van der Waals surface area contributed by atoms with Crippen molar-refractivity contribution in [1.29, 1.82) is 0 Å². The Morgan fingerprint density at radius 3 is 2.42 bits per heavy atom. The maximum Gasteiger partial charge on any atom is 0.407 e. The fraction of sp³-hybridized carbons (Fsp3) is 0.296. The van der Waals surface area contributed by atoms with Crippen LogP contribution in [0.3, 0.4) is 0 Å². The van der Waals surface area contributed by atoms with Gasteiger partial charge in [0, 0.05) is 18.9 Å². The minimum absolute atomic E-state index is 0.0729. The second-order valence-electron chi connectivity index (χ2n) is 7.95. The Hall–Kier alpha value is -3.27. The van der Waals surface area contributed by atoms with Crippen LogP contribution in [-0.4, -0.2) is 26.4 Å². The average molecular weight is 416 g/mol. The maximum absolute atomic E-state index is 12.4. The number of carbonyl (C=O) groups excluding carboxylic acids is 1. The minimum atomic E-state index is -0.382. The molecule has 1 N–H and O–H groups in total. The Kier molecular flexibility index (Phi) is 6.56. The molecule has 4 heteroatoms. The summed E-state index contributed by atoms with van der Waals surface area (Å²) in [6.07, 6.45) is 7.23. The van der Waals surface area contributed by atoms with Crippen LogP contribution < -0.4 is 5.32 Å². The molecule has 0 saturated carbocycles. The zero-order valence-corrected chi connectivity index (χ0v) is 18.0. The molecule has 0 fully saturated rings. The first-order chi connectivity index (χ1) is 15.2. The lowest BCUT2D eigenvalue weighted by molar-refractivity contribution is 0.143. The summed E-state index contributed by atoms with van der Waals surface area (Å²) in [5.74, 6) is 1.07. The fourth-order valence-corrected chi connectivity index (χ4v) is 4.57. The summed E-state index contributed by atoms with van der Waals surface area (Å²) in [5.41, 5.74) is 7.38. The van der Waals surface area contributed by atoms with Gasteiger partial charge in [-0.25, -0.2) is 4.79 Å². The van der Waals surface area contributed by atoms with Crippen molar-refractivity contribution in [2.45, 2.75) is 31.6 Å². The molecule has 0 unspecified atom stereocenters. The van der Waals surface area contributed by atoms with Crippen LogP contribution >= 0.6 is 0 Å². The van der Waals surface area contributed by atoms with Crippen molar-refractivity contribution >= 4 is 6.09 Å². The summed E-state index contributed by atoms with van der Waals surface area (Å²) < 4.78 is 11.2. The molecule has 2 aromatic carbocycles. The molecule has 0 atom stereocenters. The second kappa shape index (κ2) is 9.69. The third-order valence-electron chi connectivity index (χ3n) is 6.07. The quantitative estimate of drug-likeness (QED) is 0.529. The number of alkyl carbamates (subject to hydrolysis) is 1. The van der Waals surface area contributed by atoms with E-state index in [0.29, 0.717) is 19.6 Å². The third kappa shape index (κ3) is 4.58. The molecule has 31 heavy (non-hydrogen) atoms. The fourth-order valence-electron chi connectivity index (χ4n) is 4.57. The third-order valence-corrected chi connectivity index (χ3v) is 6.07. The Labute approximate surface area is 184 Å². The molecule has 0 aromatic heterocycles. The predicted octanol–water partition coefficient (Wildman–Crippen LogP) is 6.11. The lowest BCUT2D eigenvalue weighted by atomic mass is 9.94. The highest BCUT2D eigenvalue weighted by atomic mass is 16.5. The first kappa shape index (κ1) is 21.0. The van der Waals surface area contributed by atoms with E-state index in [-0.39, 0.29) is 12.0 Å². The molecule has 0 radical (unpaired) electrons. The maximum atomic E-state index is 12.4. The molecule has 0 heterocycles. The minimum Gasteiger partial charge on any atom is -0.501 e. The van der Waals surface area contributed by atoms with Crippen LogP contribution in [0.15, 0.2) is 84.2 Å². The van der Waals surface area contributed by atoms with Crippen molar-refractivity contribution in [3.63, 3.8) is 0 Å². The first-order valence-electron chi connectivity index (χ1n) is 10.9. The highest BCUT2D eigenvalue weighted by molar-refractivity contribution is 5.79. The number of nitrogens with one attached hydrogen (secondary N) is 1. The zero-order chi connectivity index (χ0) is 21.6. The summed E-state index contributed by atoms with van der Waals surface area (Å²) in [4.78, 5) is 12.4. The number of methoxy groups -OCH3 is 1. The molecule has 0 spiro atoms. The predicted molar refractivity (Wildman–Crippen MR) is 124 cm³/mol. The van der Waals surface area contributed by atoms with E-state index in [9.17, 15) is 4.79 Å². The average Bonchev–Trinajstić information content (AvgIpc) is 3.12. The van der Waals surface area contributed by atoms with Gasteiger partial charge in [0.15, 0.2) is 0 Å². The van der Waals surface area contributed by atoms with E-state index in [1.54, 1.807) is 7.11 Å². The van der Waals surface area contributed by atoms with Crippen LogP contribution in [0.25, 0.3) is 11.1 Å². The van der Waals surface area contributed by atoms with Gasteiger partial charge in [-0.05, 0) is 47.1 Å². The van der Waals surface area contributed by atoms with Gasteiger partial charge in [-0.3, -0.25) is 0 Å². The second-order valence-corrected chi connectivity index (χ2v) is 7.95. The van der Waals surface area contributed by atoms with Gasteiger partial charge in [0.25, 0.3) is 0 Å². The van der Waals surface area contributed by atoms with Crippen molar-refractivity contribution in [3.05, 3.63) is 95.3 Å². The van der Waals surface area contributed by atoms with E-state index in [4.69, 9.17) is 9.47 Å². The van der Waals surface area contributed by atoms with Gasteiger partial charge in [-0.15, -0.1) is 6.58 Å². The SMILES string of the molecule is C=CCC1=CC(CCNC(=O)OCC2c3ccccc3-c3ccccc32)=C(OC)CC1. The highest BCUT2D eigenvalue weighted by Gasteiger charge is 2.29. The van der Waals surface area contributed by atoms with Crippen molar-refractivity contribution in [2.24, 2.45) is 0 Å². The van der Waals surface area contributed by atoms with Crippen LogP contribution in [0.5, 0.6) is 0 Å². The topological polar surface area (TPSA) is 47.6 Å². The zero-order valence-electron chi connectivity index (χ0n) is 18.0. The molecule has 2 aromatic rings. The first-order valence-corrected chi connectivity index (χ1v) is 10.9. The van der Waals surface area contributed by atoms with Gasteiger partial charge in [-0.1, -0.05) is 66.3 Å². The van der Waals surface area contributed by atoms with E-state index >= 15 is 0 Å². The number of benzene rings is 2. The molecule has 4 rings (SSSR count). The van der Waals surface area contributed by atoms with Crippen molar-refractivity contribution in [1.82, 2.24) is 5.32 Å². The van der Waals surface area contributed by atoms with Crippen molar-refractivity contribution in [2.75, 3.05) is 20.3 Å². The molecular weight excluding hydrogens is 386 g/mol. The Morgan fingerprint density at radius 2 is 1.77 bits per heavy atom. The molecular formula is C27H29NO3. The number of hydrogen-bond donors (Lipinski definition) is 1. The van der Waals surface area contributed by atoms with Gasteiger partial charge in [0.05, 0.1) is 12.9 Å². The van der Waals surface area contributed by atoms with Crippen LogP contribution in [-0.2, 0) is 9.47 Å². The number of fused-ring (bicyclic) bond motifs is 3. The van der Waals surface area contributed by atoms with Crippen LogP contribution in [0, 0.1) is 0 Å². The summed E-state index contributed by atoms with van der Waals surface area (Å²) in [6.45, 7) is 4.66. The number of rotatable bonds is 8. The number of amides is 1. The summed E-state index contributed by atoms with van der Waals surface area (Å²) in [5, 5.41) is 2.89. The highest BCUT2D eigenvalue weighted by Crippen LogP contribution is 2.44. The van der Waals surface area contributed by atoms with Crippen LogP contribution in [0.4, 0.5) is 4.79 Å². The van der Waals surface area contributed by atoms with Gasteiger partial charge in [0.2, 0.25) is 0 Å². The molecule has 0 aliphatic heterocycles. The van der Waals surface area contributed by atoms with Crippen molar-refractivity contribution in [3.8, 4) is 11.1 Å². The van der Waals surface area contributed by atoms with E-state index in [1.165, 1.54) is 27.8 Å². The number of ether oxygens (including phenoxy) is 2. The van der Waals surface area contributed by atoms with Crippen molar-refractivity contribution < 1.29 is 14.3 Å². The van der Waals surface area contributed by atoms with E-state index in [2.05, 4.69) is 54.4 Å². The Morgan fingerprint density at radius 1 is 1.10 bits per heavy atom. The summed E-state index contributed by atoms with van der Waals surface area (Å²) >= 11 is 0. The summed E-state index contributed by atoms with van der Waals surface area (Å²) in [6, 6.07) is 16.7. The monoisotopic (exact) mass is 415 g/mol. The molecule has 1 amide bonds. The Bertz CT molecular complexity index is 989. The van der Waals surface area contributed by atoms with Gasteiger partial charge >= 0.3 is 6.09 Å².